The number of hydrogen-bond donors (Lipinski definition) is 1. The van der Waals surface area contributed by atoms with Gasteiger partial charge in [0.05, 0.1) is 6.61 Å². The van der Waals surface area contributed by atoms with Gasteiger partial charge in [0.25, 0.3) is 0 Å². The molecule has 0 aliphatic carbocycles. The molecular weight excluding hydrogens is 180 g/mol. The number of carbonyl (C=O) groups excluding carboxylic acids is 1. The molecule has 4 nitrogen and oxygen atoms in total. The average Bonchev–Trinajstić information content (AvgIpc) is 2.02. The quantitative estimate of drug-likeness (QED) is 0.678. The molecule has 0 aromatic heterocycles. The van der Waals surface area contributed by atoms with Crippen LogP contribution in [0.2, 0.25) is 0 Å². The van der Waals surface area contributed by atoms with E-state index >= 15 is 0 Å². The Morgan fingerprint density at radius 1 is 1.57 bits per heavy atom. The summed E-state index contributed by atoms with van der Waals surface area (Å²) in [7, 11) is 1.88. The van der Waals surface area contributed by atoms with Crippen LogP contribution in [0.25, 0.3) is 0 Å². The lowest BCUT2D eigenvalue weighted by Gasteiger charge is -2.44. The number of piperazine rings is 1. The van der Waals surface area contributed by atoms with Gasteiger partial charge in [-0.3, -0.25) is 9.69 Å². The van der Waals surface area contributed by atoms with E-state index in [1.807, 2.05) is 37.6 Å². The number of nitrogens with zero attached hydrogens (tertiary/aromatic N) is 2. The minimum Gasteiger partial charge on any atom is -0.394 e. The number of aliphatic hydroxyl groups is 1. The number of rotatable bonds is 2. The zero-order chi connectivity index (χ0) is 10.9. The van der Waals surface area contributed by atoms with Crippen LogP contribution in [0.4, 0.5) is 0 Å². The van der Waals surface area contributed by atoms with E-state index in [9.17, 15) is 4.79 Å². The first-order valence-electron chi connectivity index (χ1n) is 5.12. The Kier molecular flexibility index (Phi) is 3.50. The number of aliphatic hydroxyl groups excluding tert-OH is 1. The fraction of sp³-hybridized carbons (Fsp3) is 0.900. The van der Waals surface area contributed by atoms with Crippen LogP contribution in [0.3, 0.4) is 0 Å². The van der Waals surface area contributed by atoms with Gasteiger partial charge in [-0.1, -0.05) is 0 Å². The Labute approximate surface area is 85.5 Å². The molecular formula is C10H20N2O2. The van der Waals surface area contributed by atoms with Gasteiger partial charge in [0.1, 0.15) is 6.04 Å². The highest BCUT2D eigenvalue weighted by Crippen LogP contribution is 2.17. The predicted molar refractivity (Wildman–Crippen MR) is 54.9 cm³/mol. The van der Waals surface area contributed by atoms with Crippen molar-refractivity contribution in [3.8, 4) is 0 Å². The standard InChI is InChI=1S/C10H20N2O2/c1-7(2)12-8(3)5-11(4)9(6-13)10(12)14/h7-9,13H,5-6H2,1-4H3. The largest absolute Gasteiger partial charge is 0.394 e. The molecule has 14 heavy (non-hydrogen) atoms. The molecule has 2 atom stereocenters. The Bertz CT molecular complexity index is 218. The van der Waals surface area contributed by atoms with Gasteiger partial charge < -0.3 is 10.0 Å². The first kappa shape index (κ1) is 11.5. The average molecular weight is 200 g/mol. The van der Waals surface area contributed by atoms with Gasteiger partial charge >= 0.3 is 0 Å². The molecule has 0 saturated carbocycles. The van der Waals surface area contributed by atoms with Crippen molar-refractivity contribution in [2.45, 2.75) is 38.9 Å². The van der Waals surface area contributed by atoms with Crippen molar-refractivity contribution in [3.63, 3.8) is 0 Å². The second kappa shape index (κ2) is 4.28. The second-order valence-corrected chi connectivity index (χ2v) is 4.33. The van der Waals surface area contributed by atoms with Crippen LogP contribution in [-0.2, 0) is 4.79 Å². The molecule has 1 saturated heterocycles. The lowest BCUT2D eigenvalue weighted by atomic mass is 10.1. The molecule has 82 valence electrons. The minimum atomic E-state index is -0.353. The zero-order valence-electron chi connectivity index (χ0n) is 9.40. The summed E-state index contributed by atoms with van der Waals surface area (Å²) in [4.78, 5) is 15.7. The van der Waals surface area contributed by atoms with E-state index in [4.69, 9.17) is 5.11 Å². The Hall–Kier alpha value is -0.610. The first-order chi connectivity index (χ1) is 6.49. The molecule has 0 bridgehead atoms. The molecule has 1 heterocycles. The van der Waals surface area contributed by atoms with E-state index in [2.05, 4.69) is 0 Å². The van der Waals surface area contributed by atoms with Crippen LogP contribution in [0.15, 0.2) is 0 Å². The highest BCUT2D eigenvalue weighted by atomic mass is 16.3. The number of hydrogen-bond acceptors (Lipinski definition) is 3. The molecule has 1 aliphatic rings. The summed E-state index contributed by atoms with van der Waals surface area (Å²) in [5.74, 6) is 0.0451. The van der Waals surface area contributed by atoms with Crippen molar-refractivity contribution in [3.05, 3.63) is 0 Å². The first-order valence-corrected chi connectivity index (χ1v) is 5.12. The van der Waals surface area contributed by atoms with Crippen LogP contribution in [-0.4, -0.2) is 59.1 Å². The number of carbonyl (C=O) groups is 1. The van der Waals surface area contributed by atoms with Crippen molar-refractivity contribution in [2.75, 3.05) is 20.2 Å². The van der Waals surface area contributed by atoms with Crippen LogP contribution < -0.4 is 0 Å². The molecule has 0 aromatic rings. The highest BCUT2D eigenvalue weighted by molar-refractivity contribution is 5.83. The number of likely N-dealkylation sites (N-methyl/N-ethyl adjacent to an activating group) is 1. The maximum absolute atomic E-state index is 11.9. The van der Waals surface area contributed by atoms with E-state index in [-0.39, 0.29) is 30.6 Å². The van der Waals surface area contributed by atoms with Crippen molar-refractivity contribution in [2.24, 2.45) is 0 Å². The molecule has 1 N–H and O–H groups in total. The topological polar surface area (TPSA) is 43.8 Å². The maximum atomic E-state index is 11.9. The summed E-state index contributed by atoms with van der Waals surface area (Å²) in [5.41, 5.74) is 0. The Morgan fingerprint density at radius 3 is 2.57 bits per heavy atom. The highest BCUT2D eigenvalue weighted by Gasteiger charge is 2.37. The maximum Gasteiger partial charge on any atom is 0.242 e. The Morgan fingerprint density at radius 2 is 2.14 bits per heavy atom. The number of amides is 1. The summed E-state index contributed by atoms with van der Waals surface area (Å²) in [5, 5.41) is 9.13. The molecule has 0 aromatic carbocycles. The van der Waals surface area contributed by atoms with Gasteiger partial charge in [-0.15, -0.1) is 0 Å². The smallest absolute Gasteiger partial charge is 0.242 e. The van der Waals surface area contributed by atoms with E-state index in [1.54, 1.807) is 0 Å². The fourth-order valence-corrected chi connectivity index (χ4v) is 2.19. The zero-order valence-corrected chi connectivity index (χ0v) is 9.40. The molecule has 1 fully saturated rings. The van der Waals surface area contributed by atoms with Gasteiger partial charge in [-0.2, -0.15) is 0 Å². The van der Waals surface area contributed by atoms with Gasteiger partial charge in [0.15, 0.2) is 0 Å². The third-order valence-corrected chi connectivity index (χ3v) is 2.83. The molecule has 1 rings (SSSR count). The SMILES string of the molecule is CC(C)N1C(=O)C(CO)N(C)CC1C. The van der Waals surface area contributed by atoms with Crippen LogP contribution in [0, 0.1) is 0 Å². The predicted octanol–water partition coefficient (Wildman–Crippen LogP) is -0.0818. The van der Waals surface area contributed by atoms with E-state index in [0.717, 1.165) is 6.54 Å². The molecule has 1 amide bonds. The molecule has 1 aliphatic heterocycles. The van der Waals surface area contributed by atoms with Gasteiger partial charge in [-0.25, -0.2) is 0 Å². The van der Waals surface area contributed by atoms with Crippen LogP contribution >= 0.6 is 0 Å². The van der Waals surface area contributed by atoms with Crippen molar-refractivity contribution >= 4 is 5.91 Å². The van der Waals surface area contributed by atoms with Crippen LogP contribution in [0.1, 0.15) is 20.8 Å². The van der Waals surface area contributed by atoms with Gasteiger partial charge in [0, 0.05) is 18.6 Å². The normalized spacial score (nSPS) is 30.1. The summed E-state index contributed by atoms with van der Waals surface area (Å²) in [6.45, 7) is 6.80. The Balaban J connectivity index is 2.82. The lowest BCUT2D eigenvalue weighted by Crippen LogP contribution is -2.62. The van der Waals surface area contributed by atoms with Gasteiger partial charge in [-0.05, 0) is 27.8 Å². The van der Waals surface area contributed by atoms with Crippen LogP contribution in [0.5, 0.6) is 0 Å². The van der Waals surface area contributed by atoms with E-state index in [1.165, 1.54) is 0 Å². The lowest BCUT2D eigenvalue weighted by molar-refractivity contribution is -0.148. The van der Waals surface area contributed by atoms with Crippen molar-refractivity contribution in [1.29, 1.82) is 0 Å². The minimum absolute atomic E-state index is 0.0451. The monoisotopic (exact) mass is 200 g/mol. The third-order valence-electron chi connectivity index (χ3n) is 2.83. The van der Waals surface area contributed by atoms with Gasteiger partial charge in [0.2, 0.25) is 5.91 Å². The summed E-state index contributed by atoms with van der Waals surface area (Å²) in [6, 6.07) is 0.0872. The van der Waals surface area contributed by atoms with E-state index < -0.39 is 0 Å². The van der Waals surface area contributed by atoms with E-state index in [0.29, 0.717) is 0 Å². The summed E-state index contributed by atoms with van der Waals surface area (Å²) >= 11 is 0. The fourth-order valence-electron chi connectivity index (χ4n) is 2.19. The second-order valence-electron chi connectivity index (χ2n) is 4.33. The third kappa shape index (κ3) is 1.91. The molecule has 0 radical (unpaired) electrons. The van der Waals surface area contributed by atoms with Crippen molar-refractivity contribution in [1.82, 2.24) is 9.80 Å². The molecule has 2 unspecified atom stereocenters. The summed E-state index contributed by atoms with van der Waals surface area (Å²) < 4.78 is 0. The van der Waals surface area contributed by atoms with Crippen molar-refractivity contribution < 1.29 is 9.90 Å². The molecule has 0 spiro atoms. The molecule has 4 heteroatoms. The summed E-state index contributed by atoms with van der Waals surface area (Å²) in [6.07, 6.45) is 0.